The molecule has 0 saturated heterocycles. The molecule has 1 N–H and O–H groups in total. The number of nitrogens with one attached hydrogen (secondary N) is 1. The summed E-state index contributed by atoms with van der Waals surface area (Å²) in [5.74, 6) is 0.0845. The van der Waals surface area contributed by atoms with Crippen LogP contribution >= 0.6 is 0 Å². The van der Waals surface area contributed by atoms with Crippen LogP contribution in [-0.2, 0) is 11.3 Å². The first kappa shape index (κ1) is 15.5. The lowest BCUT2D eigenvalue weighted by molar-refractivity contribution is -0.116. The normalized spacial score (nSPS) is 10.6. The van der Waals surface area contributed by atoms with Crippen LogP contribution in [0.2, 0.25) is 0 Å². The van der Waals surface area contributed by atoms with E-state index in [0.717, 1.165) is 0 Å². The molecule has 0 fully saturated rings. The van der Waals surface area contributed by atoms with Crippen molar-refractivity contribution in [2.24, 2.45) is 0 Å². The average molecular weight is 325 g/mol. The zero-order valence-electron chi connectivity index (χ0n) is 13.2. The SMILES string of the molecule is Cc1ncn(CC(=O)Nc2cnc(-n3ccnc3)nc2)c(=O)c1C. The smallest absolute Gasteiger partial charge is 0.256 e. The minimum absolute atomic E-state index is 0.129. The van der Waals surface area contributed by atoms with E-state index < -0.39 is 0 Å². The first-order valence-electron chi connectivity index (χ1n) is 7.17. The van der Waals surface area contributed by atoms with Crippen molar-refractivity contribution in [3.8, 4) is 5.95 Å². The second-order valence-electron chi connectivity index (χ2n) is 5.18. The van der Waals surface area contributed by atoms with Gasteiger partial charge in [-0.3, -0.25) is 18.7 Å². The van der Waals surface area contributed by atoms with E-state index in [2.05, 4.69) is 25.3 Å². The van der Waals surface area contributed by atoms with Crippen molar-refractivity contribution in [3.05, 3.63) is 59.1 Å². The first-order chi connectivity index (χ1) is 11.5. The van der Waals surface area contributed by atoms with E-state index in [1.54, 1.807) is 37.1 Å². The molecule has 0 aliphatic heterocycles. The van der Waals surface area contributed by atoms with Crippen molar-refractivity contribution in [3.63, 3.8) is 0 Å². The summed E-state index contributed by atoms with van der Waals surface area (Å²) < 4.78 is 2.91. The van der Waals surface area contributed by atoms with E-state index in [9.17, 15) is 9.59 Å². The number of hydrogen-bond acceptors (Lipinski definition) is 6. The van der Waals surface area contributed by atoms with E-state index in [1.807, 2.05) is 0 Å². The van der Waals surface area contributed by atoms with Gasteiger partial charge in [0.1, 0.15) is 12.9 Å². The minimum atomic E-state index is -0.360. The van der Waals surface area contributed by atoms with Crippen LogP contribution in [0, 0.1) is 13.8 Å². The monoisotopic (exact) mass is 325 g/mol. The van der Waals surface area contributed by atoms with Crippen LogP contribution in [0.4, 0.5) is 5.69 Å². The van der Waals surface area contributed by atoms with E-state index >= 15 is 0 Å². The van der Waals surface area contributed by atoms with Crippen LogP contribution in [0.5, 0.6) is 0 Å². The minimum Gasteiger partial charge on any atom is -0.322 e. The fourth-order valence-corrected chi connectivity index (χ4v) is 2.04. The Kier molecular flexibility index (Phi) is 4.15. The topological polar surface area (TPSA) is 108 Å². The number of carbonyl (C=O) groups is 1. The highest BCUT2D eigenvalue weighted by Crippen LogP contribution is 2.06. The molecule has 3 rings (SSSR count). The molecular weight excluding hydrogens is 310 g/mol. The van der Waals surface area contributed by atoms with Gasteiger partial charge in [-0.1, -0.05) is 0 Å². The summed E-state index contributed by atoms with van der Waals surface area (Å²) in [6.07, 6.45) is 9.25. The maximum atomic E-state index is 12.1. The maximum Gasteiger partial charge on any atom is 0.256 e. The zero-order chi connectivity index (χ0) is 17.1. The van der Waals surface area contributed by atoms with Crippen molar-refractivity contribution < 1.29 is 4.79 Å². The third-order valence-corrected chi connectivity index (χ3v) is 3.49. The molecule has 0 spiro atoms. The Hall–Kier alpha value is -3.36. The van der Waals surface area contributed by atoms with E-state index in [1.165, 1.54) is 23.3 Å². The molecule has 0 radical (unpaired) electrons. The Labute approximate surface area is 137 Å². The lowest BCUT2D eigenvalue weighted by Gasteiger charge is -2.08. The van der Waals surface area contributed by atoms with Crippen LogP contribution in [0.15, 0.2) is 42.2 Å². The Morgan fingerprint density at radius 3 is 2.58 bits per heavy atom. The number of imidazole rings is 1. The van der Waals surface area contributed by atoms with Crippen LogP contribution < -0.4 is 10.9 Å². The van der Waals surface area contributed by atoms with Gasteiger partial charge in [0.2, 0.25) is 11.9 Å². The van der Waals surface area contributed by atoms with Crippen molar-refractivity contribution in [1.29, 1.82) is 0 Å². The Morgan fingerprint density at radius 2 is 1.92 bits per heavy atom. The van der Waals surface area contributed by atoms with Gasteiger partial charge in [-0.15, -0.1) is 0 Å². The quantitative estimate of drug-likeness (QED) is 0.747. The zero-order valence-corrected chi connectivity index (χ0v) is 13.2. The van der Waals surface area contributed by atoms with Gasteiger partial charge in [0.05, 0.1) is 24.4 Å². The van der Waals surface area contributed by atoms with Crippen molar-refractivity contribution in [1.82, 2.24) is 29.1 Å². The number of aromatic nitrogens is 6. The largest absolute Gasteiger partial charge is 0.322 e. The molecule has 9 nitrogen and oxygen atoms in total. The van der Waals surface area contributed by atoms with Crippen molar-refractivity contribution in [2.45, 2.75) is 20.4 Å². The van der Waals surface area contributed by atoms with Gasteiger partial charge in [0, 0.05) is 23.7 Å². The summed E-state index contributed by atoms with van der Waals surface area (Å²) in [5.41, 5.74) is 1.39. The molecule has 3 aromatic heterocycles. The van der Waals surface area contributed by atoms with Gasteiger partial charge in [-0.05, 0) is 13.8 Å². The second kappa shape index (κ2) is 6.41. The van der Waals surface area contributed by atoms with Gasteiger partial charge in [0.25, 0.3) is 5.56 Å². The summed E-state index contributed by atoms with van der Waals surface area (Å²) in [7, 11) is 0. The Bertz CT molecular complexity index is 914. The number of aryl methyl sites for hydroxylation is 1. The number of hydrogen-bond donors (Lipinski definition) is 1. The fraction of sp³-hybridized carbons (Fsp3) is 0.200. The average Bonchev–Trinajstić information content (AvgIpc) is 3.11. The highest BCUT2D eigenvalue weighted by atomic mass is 16.2. The molecule has 24 heavy (non-hydrogen) atoms. The van der Waals surface area contributed by atoms with Gasteiger partial charge in [-0.25, -0.2) is 19.9 Å². The molecule has 122 valence electrons. The molecule has 0 unspecified atom stereocenters. The molecule has 0 saturated carbocycles. The highest BCUT2D eigenvalue weighted by molar-refractivity contribution is 5.90. The van der Waals surface area contributed by atoms with E-state index in [0.29, 0.717) is 22.9 Å². The van der Waals surface area contributed by atoms with E-state index in [-0.39, 0.29) is 18.0 Å². The molecule has 1 amide bonds. The number of anilines is 1. The third kappa shape index (κ3) is 3.19. The number of carbonyl (C=O) groups excluding carboxylic acids is 1. The molecule has 0 aliphatic rings. The maximum absolute atomic E-state index is 12.1. The standard InChI is InChI=1S/C15H15N7O2/c1-10-11(2)19-9-22(14(10)24)7-13(23)20-12-5-17-15(18-6-12)21-4-3-16-8-21/h3-6,8-9H,7H2,1-2H3,(H,20,23). The summed E-state index contributed by atoms with van der Waals surface area (Å²) in [5, 5.41) is 2.65. The van der Waals surface area contributed by atoms with E-state index in [4.69, 9.17) is 0 Å². The van der Waals surface area contributed by atoms with Crippen LogP contribution in [0.1, 0.15) is 11.3 Å². The number of amides is 1. The second-order valence-corrected chi connectivity index (χ2v) is 5.18. The lowest BCUT2D eigenvalue weighted by Crippen LogP contribution is -2.29. The molecule has 0 bridgehead atoms. The summed E-state index contributed by atoms with van der Waals surface area (Å²) in [6.45, 7) is 3.30. The predicted octanol–water partition coefficient (Wildman–Crippen LogP) is 0.475. The number of nitrogens with zero attached hydrogens (tertiary/aromatic N) is 6. The third-order valence-electron chi connectivity index (χ3n) is 3.49. The van der Waals surface area contributed by atoms with Crippen molar-refractivity contribution >= 4 is 11.6 Å². The summed E-state index contributed by atoms with van der Waals surface area (Å²) in [4.78, 5) is 40.4. The fourth-order valence-electron chi connectivity index (χ4n) is 2.04. The molecule has 3 aromatic rings. The Morgan fingerprint density at radius 1 is 1.17 bits per heavy atom. The predicted molar refractivity (Wildman–Crippen MR) is 85.8 cm³/mol. The molecule has 0 atom stereocenters. The summed E-state index contributed by atoms with van der Waals surface area (Å²) >= 11 is 0. The highest BCUT2D eigenvalue weighted by Gasteiger charge is 2.09. The first-order valence-corrected chi connectivity index (χ1v) is 7.17. The molecular formula is C15H15N7O2. The van der Waals surface area contributed by atoms with Gasteiger partial charge < -0.3 is 5.32 Å². The van der Waals surface area contributed by atoms with Crippen molar-refractivity contribution in [2.75, 3.05) is 5.32 Å². The molecule has 9 heteroatoms. The summed E-state index contributed by atoms with van der Waals surface area (Å²) in [6, 6.07) is 0. The molecule has 0 aromatic carbocycles. The van der Waals surface area contributed by atoms with Gasteiger partial charge in [0.15, 0.2) is 0 Å². The Balaban J connectivity index is 1.69. The van der Waals surface area contributed by atoms with Crippen LogP contribution in [-0.4, -0.2) is 35.0 Å². The van der Waals surface area contributed by atoms with Crippen LogP contribution in [0.3, 0.4) is 0 Å². The van der Waals surface area contributed by atoms with Gasteiger partial charge in [-0.2, -0.15) is 0 Å². The number of rotatable bonds is 4. The van der Waals surface area contributed by atoms with Crippen LogP contribution in [0.25, 0.3) is 5.95 Å². The molecule has 3 heterocycles. The van der Waals surface area contributed by atoms with Gasteiger partial charge >= 0.3 is 0 Å². The molecule has 0 aliphatic carbocycles. The lowest BCUT2D eigenvalue weighted by atomic mass is 10.3.